The normalized spacial score (nSPS) is 24.6. The Balaban J connectivity index is 1.53. The van der Waals surface area contributed by atoms with Gasteiger partial charge in [0.15, 0.2) is 0 Å². The van der Waals surface area contributed by atoms with Crippen LogP contribution < -0.4 is 5.32 Å². The number of carbonyl (C=O) groups excluding carboxylic acids is 2. The number of hydrogen-bond donors (Lipinski definition) is 1. The summed E-state index contributed by atoms with van der Waals surface area (Å²) in [4.78, 5) is 27.1. The number of hydrogen-bond acceptors (Lipinski definition) is 2. The van der Waals surface area contributed by atoms with Gasteiger partial charge in [0.2, 0.25) is 11.8 Å². The second-order valence-corrected chi connectivity index (χ2v) is 7.61. The van der Waals surface area contributed by atoms with E-state index >= 15 is 0 Å². The number of nitrogens with one attached hydrogen (secondary N) is 1. The molecule has 4 nitrogen and oxygen atoms in total. The van der Waals surface area contributed by atoms with Crippen molar-refractivity contribution < 1.29 is 9.59 Å². The van der Waals surface area contributed by atoms with Crippen LogP contribution in [-0.4, -0.2) is 29.8 Å². The number of amides is 2. The molecule has 1 aliphatic heterocycles. The van der Waals surface area contributed by atoms with E-state index in [0.717, 1.165) is 17.4 Å². The molecule has 4 rings (SSSR count). The van der Waals surface area contributed by atoms with E-state index in [2.05, 4.69) is 5.32 Å². The van der Waals surface area contributed by atoms with Gasteiger partial charge in [-0.15, -0.1) is 0 Å². The van der Waals surface area contributed by atoms with E-state index in [0.29, 0.717) is 31.8 Å². The molecule has 3 aliphatic rings. The molecule has 0 aromatic heterocycles. The molecule has 24 heavy (non-hydrogen) atoms. The van der Waals surface area contributed by atoms with E-state index in [1.54, 1.807) is 0 Å². The Labute approximate surface area is 143 Å². The van der Waals surface area contributed by atoms with Gasteiger partial charge in [-0.3, -0.25) is 9.59 Å². The summed E-state index contributed by atoms with van der Waals surface area (Å²) in [6.07, 6.45) is 6.25. The maximum atomic E-state index is 13.1. The third-order valence-electron chi connectivity index (χ3n) is 5.80. The first kappa shape index (κ1) is 15.7. The summed E-state index contributed by atoms with van der Waals surface area (Å²) in [7, 11) is 0. The van der Waals surface area contributed by atoms with Crippen molar-refractivity contribution in [1.29, 1.82) is 0 Å². The molecule has 0 radical (unpaired) electrons. The molecule has 0 unspecified atom stereocenters. The molecule has 0 spiro atoms. The maximum absolute atomic E-state index is 13.1. The van der Waals surface area contributed by atoms with Crippen molar-refractivity contribution in [2.24, 2.45) is 17.8 Å². The van der Waals surface area contributed by atoms with Crippen molar-refractivity contribution in [3.8, 4) is 0 Å². The monoisotopic (exact) mass is 326 g/mol. The molecule has 4 heteroatoms. The summed E-state index contributed by atoms with van der Waals surface area (Å²) in [6, 6.07) is 9.88. The lowest BCUT2D eigenvalue weighted by atomic mass is 9.92. The Morgan fingerprint density at radius 1 is 1.12 bits per heavy atom. The Bertz CT molecular complexity index is 595. The van der Waals surface area contributed by atoms with Gasteiger partial charge in [0.25, 0.3) is 0 Å². The fourth-order valence-electron chi connectivity index (χ4n) is 4.19. The van der Waals surface area contributed by atoms with Gasteiger partial charge in [-0.25, -0.2) is 0 Å². The minimum atomic E-state index is -0.125. The highest BCUT2D eigenvalue weighted by molar-refractivity contribution is 5.81. The molecule has 1 aromatic carbocycles. The van der Waals surface area contributed by atoms with Crippen LogP contribution in [-0.2, 0) is 9.59 Å². The maximum Gasteiger partial charge on any atom is 0.223 e. The zero-order chi connectivity index (χ0) is 16.5. The predicted octanol–water partition coefficient (Wildman–Crippen LogP) is 2.90. The number of carbonyl (C=O) groups is 2. The van der Waals surface area contributed by atoms with Crippen LogP contribution in [0, 0.1) is 17.8 Å². The molecule has 128 valence electrons. The van der Waals surface area contributed by atoms with Gasteiger partial charge in [0.05, 0.1) is 12.5 Å². The number of nitrogens with zero attached hydrogens (tertiary/aromatic N) is 1. The summed E-state index contributed by atoms with van der Waals surface area (Å²) < 4.78 is 0. The summed E-state index contributed by atoms with van der Waals surface area (Å²) in [5.74, 6) is 2.43. The Hall–Kier alpha value is -1.84. The first-order valence-corrected chi connectivity index (χ1v) is 9.33. The summed E-state index contributed by atoms with van der Waals surface area (Å²) in [5.41, 5.74) is 1.07. The lowest BCUT2D eigenvalue weighted by molar-refractivity contribution is -0.135. The third kappa shape index (κ3) is 3.47. The van der Waals surface area contributed by atoms with Crippen LogP contribution in [0.2, 0.25) is 0 Å². The average Bonchev–Trinajstić information content (AvgIpc) is 3.48. The van der Waals surface area contributed by atoms with Gasteiger partial charge in [0, 0.05) is 19.5 Å². The largest absolute Gasteiger partial charge is 0.354 e. The minimum absolute atomic E-state index is 0.0417. The molecule has 1 aromatic rings. The summed E-state index contributed by atoms with van der Waals surface area (Å²) in [6.45, 7) is 1.18. The molecule has 1 N–H and O–H groups in total. The Morgan fingerprint density at radius 3 is 2.42 bits per heavy atom. The van der Waals surface area contributed by atoms with E-state index in [1.807, 2.05) is 35.2 Å². The molecule has 0 bridgehead atoms. The van der Waals surface area contributed by atoms with Crippen molar-refractivity contribution in [3.05, 3.63) is 35.9 Å². The van der Waals surface area contributed by atoms with Crippen LogP contribution in [0.15, 0.2) is 30.3 Å². The first-order valence-electron chi connectivity index (χ1n) is 9.33. The fourth-order valence-corrected chi connectivity index (χ4v) is 4.19. The van der Waals surface area contributed by atoms with Crippen LogP contribution >= 0.6 is 0 Å². The lowest BCUT2D eigenvalue weighted by Crippen LogP contribution is -2.37. The van der Waals surface area contributed by atoms with E-state index in [-0.39, 0.29) is 17.9 Å². The molecule has 3 fully saturated rings. The summed E-state index contributed by atoms with van der Waals surface area (Å²) in [5, 5.41) is 2.92. The highest BCUT2D eigenvalue weighted by atomic mass is 16.2. The van der Waals surface area contributed by atoms with Crippen LogP contribution in [0.5, 0.6) is 0 Å². The Kier molecular flexibility index (Phi) is 4.30. The average molecular weight is 326 g/mol. The highest BCUT2D eigenvalue weighted by Gasteiger charge is 2.43. The first-order chi connectivity index (χ1) is 11.7. The van der Waals surface area contributed by atoms with Gasteiger partial charge >= 0.3 is 0 Å². The van der Waals surface area contributed by atoms with Gasteiger partial charge in [-0.1, -0.05) is 30.3 Å². The van der Waals surface area contributed by atoms with Gasteiger partial charge in [-0.2, -0.15) is 0 Å². The highest BCUT2D eigenvalue weighted by Crippen LogP contribution is 2.51. The molecule has 1 heterocycles. The molecule has 1 atom stereocenters. The second kappa shape index (κ2) is 6.58. The van der Waals surface area contributed by atoms with E-state index in [9.17, 15) is 9.59 Å². The van der Waals surface area contributed by atoms with Crippen molar-refractivity contribution in [2.45, 2.75) is 44.6 Å². The van der Waals surface area contributed by atoms with Crippen LogP contribution in [0.4, 0.5) is 0 Å². The Morgan fingerprint density at radius 2 is 1.79 bits per heavy atom. The number of benzene rings is 1. The van der Waals surface area contributed by atoms with Crippen molar-refractivity contribution in [2.75, 3.05) is 13.1 Å². The zero-order valence-electron chi connectivity index (χ0n) is 14.1. The lowest BCUT2D eigenvalue weighted by Gasteiger charge is -2.31. The second-order valence-electron chi connectivity index (χ2n) is 7.61. The smallest absolute Gasteiger partial charge is 0.223 e. The van der Waals surface area contributed by atoms with E-state index < -0.39 is 0 Å². The molecule has 2 saturated carbocycles. The zero-order valence-corrected chi connectivity index (χ0v) is 14.1. The fraction of sp³-hybridized carbons (Fsp3) is 0.600. The molecular weight excluding hydrogens is 300 g/mol. The van der Waals surface area contributed by atoms with Gasteiger partial charge in [0.1, 0.15) is 0 Å². The van der Waals surface area contributed by atoms with Crippen molar-refractivity contribution >= 4 is 11.8 Å². The third-order valence-corrected chi connectivity index (χ3v) is 5.80. The van der Waals surface area contributed by atoms with Crippen LogP contribution in [0.1, 0.15) is 50.1 Å². The van der Waals surface area contributed by atoms with Crippen LogP contribution in [0.3, 0.4) is 0 Å². The summed E-state index contributed by atoms with van der Waals surface area (Å²) >= 11 is 0. The van der Waals surface area contributed by atoms with Crippen LogP contribution in [0.25, 0.3) is 0 Å². The standard InChI is InChI=1S/C20H26N2O2/c23-19-13-18(16-4-2-1-3-5-16)22(11-10-21-19)20(24)12-17(14-6-7-14)15-8-9-15/h1-5,14-15,17-18H,6-13H2,(H,21,23)/t18-/m0/s1. The number of rotatable bonds is 5. The molecule has 2 amide bonds. The predicted molar refractivity (Wildman–Crippen MR) is 92.1 cm³/mol. The molecular formula is C20H26N2O2. The van der Waals surface area contributed by atoms with Gasteiger partial charge < -0.3 is 10.2 Å². The van der Waals surface area contributed by atoms with Crippen molar-refractivity contribution in [3.63, 3.8) is 0 Å². The molecule has 1 saturated heterocycles. The van der Waals surface area contributed by atoms with E-state index in [4.69, 9.17) is 0 Å². The minimum Gasteiger partial charge on any atom is -0.354 e. The topological polar surface area (TPSA) is 49.4 Å². The van der Waals surface area contributed by atoms with Crippen molar-refractivity contribution in [1.82, 2.24) is 10.2 Å². The van der Waals surface area contributed by atoms with E-state index in [1.165, 1.54) is 25.7 Å². The quantitative estimate of drug-likeness (QED) is 0.904. The molecule has 2 aliphatic carbocycles. The van der Waals surface area contributed by atoms with Gasteiger partial charge in [-0.05, 0) is 49.0 Å². The SMILES string of the molecule is O=C1C[C@@H](c2ccccc2)N(C(=O)CC(C2CC2)C2CC2)CCN1.